The van der Waals surface area contributed by atoms with Crippen molar-refractivity contribution in [2.24, 2.45) is 0 Å². The number of alkyl halides is 6. The Morgan fingerprint density at radius 3 is 2.28 bits per heavy atom. The lowest BCUT2D eigenvalue weighted by atomic mass is 10.1. The minimum Gasteiger partial charge on any atom is -0.385 e. The van der Waals surface area contributed by atoms with Gasteiger partial charge in [0.05, 0.1) is 30.0 Å². The second-order valence-electron chi connectivity index (χ2n) is 8.62. The van der Waals surface area contributed by atoms with Crippen LogP contribution in [0.1, 0.15) is 30.2 Å². The van der Waals surface area contributed by atoms with E-state index >= 15 is 0 Å². The van der Waals surface area contributed by atoms with Crippen molar-refractivity contribution < 1.29 is 36.6 Å². The van der Waals surface area contributed by atoms with Gasteiger partial charge in [-0.15, -0.1) is 5.10 Å². The third-order valence-electron chi connectivity index (χ3n) is 5.71. The molecule has 0 fully saturated rings. The van der Waals surface area contributed by atoms with Crippen LogP contribution in [0.5, 0.6) is 0 Å². The summed E-state index contributed by atoms with van der Waals surface area (Å²) in [5.41, 5.74) is -1.68. The van der Waals surface area contributed by atoms with Gasteiger partial charge in [-0.3, -0.25) is 9.13 Å². The lowest BCUT2D eigenvalue weighted by Gasteiger charge is -2.16. The van der Waals surface area contributed by atoms with E-state index in [9.17, 15) is 41.4 Å². The molecule has 4 aromatic rings. The van der Waals surface area contributed by atoms with Crippen LogP contribution >= 0.6 is 11.6 Å². The van der Waals surface area contributed by atoms with Crippen molar-refractivity contribution in [3.63, 3.8) is 0 Å². The molecule has 0 radical (unpaired) electrons. The van der Waals surface area contributed by atoms with Crippen molar-refractivity contribution in [2.45, 2.75) is 44.6 Å². The number of aliphatic hydroxyl groups excluding tert-OH is 2. The van der Waals surface area contributed by atoms with E-state index in [-0.39, 0.29) is 23.0 Å². The molecule has 2 aromatic carbocycles. The average molecular weight is 576 g/mol. The van der Waals surface area contributed by atoms with E-state index in [2.05, 4.69) is 10.1 Å². The van der Waals surface area contributed by atoms with Gasteiger partial charge in [0.2, 0.25) is 0 Å². The number of aromatic nitrogens is 5. The molecule has 0 saturated carbocycles. The molecule has 2 aromatic heterocycles. The number of hydrogen-bond acceptors (Lipinski definition) is 5. The lowest BCUT2D eigenvalue weighted by molar-refractivity contribution is -0.207. The Labute approximate surface area is 221 Å². The van der Waals surface area contributed by atoms with E-state index in [1.54, 1.807) is 0 Å². The van der Waals surface area contributed by atoms with E-state index in [0.717, 1.165) is 32.0 Å². The van der Waals surface area contributed by atoms with Gasteiger partial charge in [-0.2, -0.15) is 26.3 Å². The highest BCUT2D eigenvalue weighted by atomic mass is 35.5. The largest absolute Gasteiger partial charge is 0.416 e. The molecule has 15 heteroatoms. The molecule has 2 heterocycles. The van der Waals surface area contributed by atoms with Crippen LogP contribution < -0.4 is 5.69 Å². The summed E-state index contributed by atoms with van der Waals surface area (Å²) in [6, 6.07) is 9.97. The maximum atomic E-state index is 13.3. The first kappa shape index (κ1) is 28.4. The van der Waals surface area contributed by atoms with E-state index in [4.69, 9.17) is 11.6 Å². The summed E-state index contributed by atoms with van der Waals surface area (Å²) in [7, 11) is 0. The van der Waals surface area contributed by atoms with Crippen LogP contribution in [0.3, 0.4) is 0 Å². The highest BCUT2D eigenvalue weighted by molar-refractivity contribution is 6.30. The normalized spacial score (nSPS) is 14.0. The molecule has 0 bridgehead atoms. The second kappa shape index (κ2) is 10.5. The summed E-state index contributed by atoms with van der Waals surface area (Å²) in [6.07, 6.45) is -12.5. The Bertz CT molecular complexity index is 1520. The molecular formula is C24H20ClF6N5O3. The fourth-order valence-electron chi connectivity index (χ4n) is 3.76. The average Bonchev–Trinajstić information content (AvgIpc) is 3.41. The SMILES string of the molecule is C[C@H](O)c1nc(Cn2cc(-c3ccc(Cl)cc3)n(C[C@H](O)C(F)(F)F)c2=O)n(-c2cccc(C(F)(F)F)c2)n1. The van der Waals surface area contributed by atoms with Crippen LogP contribution in [0.2, 0.25) is 5.02 Å². The molecule has 0 aliphatic rings. The molecule has 0 aliphatic carbocycles. The molecule has 39 heavy (non-hydrogen) atoms. The Kier molecular flexibility index (Phi) is 7.65. The predicted molar refractivity (Wildman–Crippen MR) is 127 cm³/mol. The van der Waals surface area contributed by atoms with Crippen molar-refractivity contribution in [3.05, 3.63) is 87.4 Å². The van der Waals surface area contributed by atoms with Crippen molar-refractivity contribution >= 4 is 11.6 Å². The van der Waals surface area contributed by atoms with Gasteiger partial charge in [0.1, 0.15) is 6.10 Å². The monoisotopic (exact) mass is 575 g/mol. The van der Waals surface area contributed by atoms with Gasteiger partial charge in [-0.25, -0.2) is 14.5 Å². The number of benzene rings is 2. The predicted octanol–water partition coefficient (Wildman–Crippen LogP) is 4.59. The summed E-state index contributed by atoms with van der Waals surface area (Å²) >= 11 is 5.90. The topological polar surface area (TPSA) is 98.1 Å². The summed E-state index contributed by atoms with van der Waals surface area (Å²) in [6.45, 7) is -0.230. The van der Waals surface area contributed by atoms with Gasteiger partial charge in [0, 0.05) is 11.2 Å². The van der Waals surface area contributed by atoms with E-state index in [1.165, 1.54) is 43.5 Å². The Hall–Kier alpha value is -3.62. The van der Waals surface area contributed by atoms with Crippen LogP contribution in [0.25, 0.3) is 16.9 Å². The van der Waals surface area contributed by atoms with Crippen molar-refractivity contribution in [2.75, 3.05) is 0 Å². The highest BCUT2D eigenvalue weighted by Crippen LogP contribution is 2.31. The summed E-state index contributed by atoms with van der Waals surface area (Å²) < 4.78 is 82.0. The third kappa shape index (κ3) is 6.18. The summed E-state index contributed by atoms with van der Waals surface area (Å²) in [4.78, 5) is 17.4. The summed E-state index contributed by atoms with van der Waals surface area (Å²) in [5, 5.41) is 24.0. The number of nitrogens with zero attached hydrogens (tertiary/aromatic N) is 5. The molecular weight excluding hydrogens is 556 g/mol. The third-order valence-corrected chi connectivity index (χ3v) is 5.96. The number of halogens is 7. The molecule has 8 nitrogen and oxygen atoms in total. The smallest absolute Gasteiger partial charge is 0.385 e. The Balaban J connectivity index is 1.83. The number of aliphatic hydroxyl groups is 2. The van der Waals surface area contributed by atoms with Gasteiger partial charge >= 0.3 is 18.0 Å². The molecule has 0 spiro atoms. The van der Waals surface area contributed by atoms with Gasteiger partial charge in [-0.1, -0.05) is 29.8 Å². The molecule has 2 atom stereocenters. The molecule has 0 saturated heterocycles. The van der Waals surface area contributed by atoms with E-state index in [1.807, 2.05) is 0 Å². The van der Waals surface area contributed by atoms with Crippen molar-refractivity contribution in [3.8, 4) is 16.9 Å². The van der Waals surface area contributed by atoms with Crippen LogP contribution in [-0.2, 0) is 19.3 Å². The van der Waals surface area contributed by atoms with Gasteiger partial charge < -0.3 is 10.2 Å². The fourth-order valence-corrected chi connectivity index (χ4v) is 3.89. The van der Waals surface area contributed by atoms with Crippen LogP contribution in [0, 0.1) is 0 Å². The quantitative estimate of drug-likeness (QED) is 0.314. The van der Waals surface area contributed by atoms with Crippen molar-refractivity contribution in [1.29, 1.82) is 0 Å². The van der Waals surface area contributed by atoms with Crippen molar-refractivity contribution in [1.82, 2.24) is 23.9 Å². The van der Waals surface area contributed by atoms with Gasteiger partial charge in [0.15, 0.2) is 17.8 Å². The zero-order valence-corrected chi connectivity index (χ0v) is 20.7. The van der Waals surface area contributed by atoms with Gasteiger partial charge in [0.25, 0.3) is 0 Å². The second-order valence-corrected chi connectivity index (χ2v) is 9.06. The minimum absolute atomic E-state index is 0.0147. The molecule has 2 N–H and O–H groups in total. The van der Waals surface area contributed by atoms with E-state index in [0.29, 0.717) is 10.6 Å². The molecule has 0 unspecified atom stereocenters. The van der Waals surface area contributed by atoms with Crippen LogP contribution in [0.15, 0.2) is 59.5 Å². The maximum absolute atomic E-state index is 13.3. The number of imidazole rings is 1. The zero-order valence-electron chi connectivity index (χ0n) is 19.9. The first-order valence-electron chi connectivity index (χ1n) is 11.3. The summed E-state index contributed by atoms with van der Waals surface area (Å²) in [5.74, 6) is -0.233. The standard InChI is InChI=1S/C24H20ClF6N5O3/c1-13(37)21-32-20(36(33-21)17-4-2-3-15(9-17)23(26,27)28)12-34-10-18(14-5-7-16(25)8-6-14)35(22(34)39)11-19(38)24(29,30)31/h2-10,13,19,37-38H,11-12H2,1H3/t13-,19-/m0/s1. The Morgan fingerprint density at radius 1 is 1.03 bits per heavy atom. The Morgan fingerprint density at radius 2 is 1.69 bits per heavy atom. The molecule has 0 aliphatic heterocycles. The number of hydrogen-bond donors (Lipinski definition) is 2. The van der Waals surface area contributed by atoms with E-state index < -0.39 is 48.9 Å². The first-order valence-corrected chi connectivity index (χ1v) is 11.6. The van der Waals surface area contributed by atoms with Crippen LogP contribution in [0.4, 0.5) is 26.3 Å². The first-order chi connectivity index (χ1) is 18.1. The molecule has 208 valence electrons. The maximum Gasteiger partial charge on any atom is 0.416 e. The van der Waals surface area contributed by atoms with Crippen LogP contribution in [-0.4, -0.2) is 46.4 Å². The zero-order chi connectivity index (χ0) is 28.7. The molecule has 4 rings (SSSR count). The molecule has 0 amide bonds. The number of rotatable bonds is 7. The highest BCUT2D eigenvalue weighted by Gasteiger charge is 2.39. The minimum atomic E-state index is -5.01. The fraction of sp³-hybridized carbons (Fsp3) is 0.292. The van der Waals surface area contributed by atoms with Gasteiger partial charge in [-0.05, 0) is 42.8 Å². The lowest BCUT2D eigenvalue weighted by Crippen LogP contribution is -2.37.